The quantitative estimate of drug-likeness (QED) is 0.846. The Morgan fingerprint density at radius 2 is 1.95 bits per heavy atom. The van der Waals surface area contributed by atoms with E-state index < -0.39 is 0 Å². The smallest absolute Gasteiger partial charge is 0.238 e. The summed E-state index contributed by atoms with van der Waals surface area (Å²) >= 11 is 0. The lowest BCUT2D eigenvalue weighted by molar-refractivity contribution is -0.117. The first-order chi connectivity index (χ1) is 9.94. The van der Waals surface area contributed by atoms with E-state index in [1.807, 2.05) is 24.1 Å². The number of hydrogen-bond donors (Lipinski definition) is 2. The second-order valence-electron chi connectivity index (χ2n) is 6.51. The molecule has 0 aromatic heterocycles. The van der Waals surface area contributed by atoms with Crippen LogP contribution in [-0.2, 0) is 4.79 Å². The van der Waals surface area contributed by atoms with Gasteiger partial charge in [0, 0.05) is 12.2 Å². The summed E-state index contributed by atoms with van der Waals surface area (Å²) in [5.41, 5.74) is 2.12. The molecule has 2 rings (SSSR count). The predicted molar refractivity (Wildman–Crippen MR) is 85.4 cm³/mol. The van der Waals surface area contributed by atoms with Crippen LogP contribution >= 0.6 is 0 Å². The molecule has 0 radical (unpaired) electrons. The van der Waals surface area contributed by atoms with Crippen molar-refractivity contribution >= 4 is 11.6 Å². The molecule has 0 unspecified atom stereocenters. The molecule has 116 valence electrons. The standard InChI is InChI=1S/C17H26N2O2/c1-12(2)14-4-6-15(7-5-14)18-17(21)11-19(3)10-13-8-16(20)9-13/h4-7,12-13,16,20H,8-11H2,1-3H3,(H,18,21). The van der Waals surface area contributed by atoms with Gasteiger partial charge in [-0.2, -0.15) is 0 Å². The third kappa shape index (κ3) is 4.83. The Kier molecular flexibility index (Phi) is 5.37. The van der Waals surface area contributed by atoms with E-state index in [9.17, 15) is 9.90 Å². The Morgan fingerprint density at radius 1 is 1.33 bits per heavy atom. The Labute approximate surface area is 127 Å². The van der Waals surface area contributed by atoms with Crippen molar-refractivity contribution in [1.29, 1.82) is 0 Å². The summed E-state index contributed by atoms with van der Waals surface area (Å²) in [6.07, 6.45) is 1.60. The van der Waals surface area contributed by atoms with Gasteiger partial charge in [0.25, 0.3) is 0 Å². The normalized spacial score (nSPS) is 21.4. The minimum atomic E-state index is -0.128. The van der Waals surface area contributed by atoms with Gasteiger partial charge in [0.2, 0.25) is 5.91 Å². The fraction of sp³-hybridized carbons (Fsp3) is 0.588. The molecule has 4 nitrogen and oxygen atoms in total. The number of rotatable bonds is 6. The van der Waals surface area contributed by atoms with E-state index in [-0.39, 0.29) is 12.0 Å². The Bertz CT molecular complexity index is 464. The SMILES string of the molecule is CC(C)c1ccc(NC(=O)CN(C)CC2CC(O)C2)cc1. The molecule has 1 amide bonds. The van der Waals surface area contributed by atoms with Crippen molar-refractivity contribution in [3.05, 3.63) is 29.8 Å². The first-order valence-corrected chi connectivity index (χ1v) is 7.70. The molecule has 0 atom stereocenters. The number of nitrogens with zero attached hydrogens (tertiary/aromatic N) is 1. The molecular formula is C17H26N2O2. The molecule has 0 bridgehead atoms. The van der Waals surface area contributed by atoms with Gasteiger partial charge in [-0.05, 0) is 49.4 Å². The number of carbonyl (C=O) groups is 1. The summed E-state index contributed by atoms with van der Waals surface area (Å²) in [7, 11) is 1.95. The zero-order valence-corrected chi connectivity index (χ0v) is 13.2. The molecule has 4 heteroatoms. The number of carbonyl (C=O) groups excluding carboxylic acids is 1. The number of amides is 1. The van der Waals surface area contributed by atoms with Crippen LogP contribution in [-0.4, -0.2) is 42.2 Å². The molecule has 0 aliphatic heterocycles. The number of anilines is 1. The van der Waals surface area contributed by atoms with Crippen LogP contribution in [0.3, 0.4) is 0 Å². The molecule has 1 aliphatic rings. The van der Waals surface area contributed by atoms with Crippen LogP contribution in [0.1, 0.15) is 38.2 Å². The molecule has 1 aliphatic carbocycles. The maximum absolute atomic E-state index is 12.0. The molecule has 1 saturated carbocycles. The van der Waals surface area contributed by atoms with Crippen LogP contribution < -0.4 is 5.32 Å². The van der Waals surface area contributed by atoms with Crippen LogP contribution in [0.4, 0.5) is 5.69 Å². The fourth-order valence-corrected chi connectivity index (χ4v) is 2.75. The number of aliphatic hydroxyl groups is 1. The first kappa shape index (κ1) is 16.0. The molecule has 1 aromatic carbocycles. The molecule has 0 spiro atoms. The Morgan fingerprint density at radius 3 is 2.48 bits per heavy atom. The van der Waals surface area contributed by atoms with Crippen molar-refractivity contribution in [3.63, 3.8) is 0 Å². The average molecular weight is 290 g/mol. The van der Waals surface area contributed by atoms with Gasteiger partial charge in [0.05, 0.1) is 12.6 Å². The van der Waals surface area contributed by atoms with E-state index in [4.69, 9.17) is 0 Å². The minimum Gasteiger partial charge on any atom is -0.393 e. The summed E-state index contributed by atoms with van der Waals surface area (Å²) in [5.74, 6) is 1.04. The van der Waals surface area contributed by atoms with Gasteiger partial charge in [-0.3, -0.25) is 9.69 Å². The maximum atomic E-state index is 12.0. The topological polar surface area (TPSA) is 52.6 Å². The minimum absolute atomic E-state index is 0.00895. The van der Waals surface area contributed by atoms with E-state index in [0.29, 0.717) is 18.4 Å². The van der Waals surface area contributed by atoms with Gasteiger partial charge in [-0.25, -0.2) is 0 Å². The van der Waals surface area contributed by atoms with E-state index in [2.05, 4.69) is 31.3 Å². The summed E-state index contributed by atoms with van der Waals surface area (Å²) in [6, 6.07) is 8.02. The highest BCUT2D eigenvalue weighted by Crippen LogP contribution is 2.27. The number of likely N-dealkylation sites (N-methyl/N-ethyl adjacent to an activating group) is 1. The van der Waals surface area contributed by atoms with E-state index >= 15 is 0 Å². The van der Waals surface area contributed by atoms with Crippen LogP contribution in [0.15, 0.2) is 24.3 Å². The van der Waals surface area contributed by atoms with Crippen molar-refractivity contribution in [2.45, 2.75) is 38.7 Å². The van der Waals surface area contributed by atoms with Crippen molar-refractivity contribution in [2.24, 2.45) is 5.92 Å². The zero-order chi connectivity index (χ0) is 15.4. The lowest BCUT2D eigenvalue weighted by Crippen LogP contribution is -2.39. The number of hydrogen-bond acceptors (Lipinski definition) is 3. The average Bonchev–Trinajstić information content (AvgIpc) is 2.37. The van der Waals surface area contributed by atoms with Crippen molar-refractivity contribution in [1.82, 2.24) is 4.90 Å². The fourth-order valence-electron chi connectivity index (χ4n) is 2.75. The molecule has 21 heavy (non-hydrogen) atoms. The molecule has 1 fully saturated rings. The third-order valence-corrected chi connectivity index (χ3v) is 4.06. The van der Waals surface area contributed by atoms with Gasteiger partial charge >= 0.3 is 0 Å². The van der Waals surface area contributed by atoms with Crippen LogP contribution in [0.5, 0.6) is 0 Å². The summed E-state index contributed by atoms with van der Waals surface area (Å²) in [6.45, 7) is 5.56. The van der Waals surface area contributed by atoms with Gasteiger partial charge < -0.3 is 10.4 Å². The van der Waals surface area contributed by atoms with E-state index in [1.165, 1.54) is 5.56 Å². The van der Waals surface area contributed by atoms with Gasteiger partial charge in [-0.15, -0.1) is 0 Å². The third-order valence-electron chi connectivity index (χ3n) is 4.06. The highest BCUT2D eigenvalue weighted by atomic mass is 16.3. The van der Waals surface area contributed by atoms with Gasteiger partial charge in [-0.1, -0.05) is 26.0 Å². The predicted octanol–water partition coefficient (Wildman–Crippen LogP) is 2.45. The summed E-state index contributed by atoms with van der Waals surface area (Å²) in [5, 5.41) is 12.2. The highest BCUT2D eigenvalue weighted by molar-refractivity contribution is 5.92. The van der Waals surface area contributed by atoms with Crippen molar-refractivity contribution < 1.29 is 9.90 Å². The Hall–Kier alpha value is -1.39. The van der Waals surface area contributed by atoms with Gasteiger partial charge in [0.15, 0.2) is 0 Å². The van der Waals surface area contributed by atoms with Crippen LogP contribution in [0.2, 0.25) is 0 Å². The number of nitrogens with one attached hydrogen (secondary N) is 1. The van der Waals surface area contributed by atoms with Crippen molar-refractivity contribution in [3.8, 4) is 0 Å². The molecule has 1 aromatic rings. The first-order valence-electron chi connectivity index (χ1n) is 7.70. The summed E-state index contributed by atoms with van der Waals surface area (Å²) < 4.78 is 0. The van der Waals surface area contributed by atoms with Gasteiger partial charge in [0.1, 0.15) is 0 Å². The Balaban J connectivity index is 1.75. The second kappa shape index (κ2) is 7.05. The van der Waals surface area contributed by atoms with Crippen LogP contribution in [0.25, 0.3) is 0 Å². The molecule has 0 heterocycles. The monoisotopic (exact) mass is 290 g/mol. The maximum Gasteiger partial charge on any atom is 0.238 e. The molecule has 2 N–H and O–H groups in total. The van der Waals surface area contributed by atoms with E-state index in [0.717, 1.165) is 25.1 Å². The second-order valence-corrected chi connectivity index (χ2v) is 6.51. The summed E-state index contributed by atoms with van der Waals surface area (Å²) in [4.78, 5) is 14.0. The van der Waals surface area contributed by atoms with Crippen LogP contribution in [0, 0.1) is 5.92 Å². The molecular weight excluding hydrogens is 264 g/mol. The van der Waals surface area contributed by atoms with E-state index in [1.54, 1.807) is 0 Å². The van der Waals surface area contributed by atoms with Crippen molar-refractivity contribution in [2.75, 3.05) is 25.5 Å². The highest BCUT2D eigenvalue weighted by Gasteiger charge is 2.28. The zero-order valence-electron chi connectivity index (χ0n) is 13.2. The lowest BCUT2D eigenvalue weighted by Gasteiger charge is -2.34. The molecule has 0 saturated heterocycles. The number of benzene rings is 1. The largest absolute Gasteiger partial charge is 0.393 e. The lowest BCUT2D eigenvalue weighted by atomic mass is 9.82. The number of aliphatic hydroxyl groups excluding tert-OH is 1.